The first-order valence-corrected chi connectivity index (χ1v) is 11.0. The third-order valence-corrected chi connectivity index (χ3v) is 6.04. The number of carbonyl (C=O) groups excluding carboxylic acids is 1. The van der Waals surface area contributed by atoms with Crippen LogP contribution in [0, 0.1) is 6.92 Å². The molecule has 0 saturated carbocycles. The van der Waals surface area contributed by atoms with Crippen molar-refractivity contribution in [3.8, 4) is 28.4 Å². The van der Waals surface area contributed by atoms with Gasteiger partial charge in [0.2, 0.25) is 5.78 Å². The zero-order valence-electron chi connectivity index (χ0n) is 18.4. The molecule has 33 heavy (non-hydrogen) atoms. The van der Waals surface area contributed by atoms with Gasteiger partial charge < -0.3 is 9.47 Å². The van der Waals surface area contributed by atoms with Gasteiger partial charge in [0.1, 0.15) is 23.3 Å². The largest absolute Gasteiger partial charge is 0.490 e. The number of nitrogens with zero attached hydrogens (tertiary/aromatic N) is 2. The smallest absolute Gasteiger partial charge is 0.231 e. The molecule has 4 aromatic rings. The van der Waals surface area contributed by atoms with Crippen molar-refractivity contribution < 1.29 is 14.3 Å². The number of ketones is 1. The summed E-state index contributed by atoms with van der Waals surface area (Å²) >= 11 is 0. The van der Waals surface area contributed by atoms with E-state index in [1.54, 1.807) is 6.08 Å². The number of Topliss-reactive ketones (excluding diaryl/α,β-unsaturated/α-hetero) is 1. The van der Waals surface area contributed by atoms with E-state index < -0.39 is 0 Å². The van der Waals surface area contributed by atoms with Gasteiger partial charge in [-0.15, -0.1) is 0 Å². The fourth-order valence-electron chi connectivity index (χ4n) is 4.44. The Bertz CT molecular complexity index is 1430. The highest BCUT2D eigenvalue weighted by atomic mass is 16.5. The molecule has 0 radical (unpaired) electrons. The minimum atomic E-state index is -0.108. The number of carbonyl (C=O) groups is 1. The molecule has 6 rings (SSSR count). The lowest BCUT2D eigenvalue weighted by atomic mass is 10.0. The van der Waals surface area contributed by atoms with Crippen molar-refractivity contribution in [1.29, 1.82) is 0 Å². The lowest BCUT2D eigenvalue weighted by Crippen LogP contribution is -2.05. The van der Waals surface area contributed by atoms with Crippen molar-refractivity contribution in [2.24, 2.45) is 0 Å². The monoisotopic (exact) mass is 434 g/mol. The predicted octanol–water partition coefficient (Wildman–Crippen LogP) is 5.79. The van der Waals surface area contributed by atoms with Gasteiger partial charge in [-0.05, 0) is 68.0 Å². The standard InChI is InChI=1S/C28H22N2O3/c1-17-8-10-25-23(12-17)28(31)26(33-25)15-21-16-30(22-6-4-3-5-7-22)29-27(21)19-9-11-24-20(14-19)13-18(2)32-24/h3-12,14-16,18H,13H2,1-2H3/b26-15-. The third kappa shape index (κ3) is 3.42. The molecular formula is C28H22N2O3. The minimum absolute atomic E-state index is 0.108. The van der Waals surface area contributed by atoms with Crippen LogP contribution in [0.3, 0.4) is 0 Å². The molecule has 3 aromatic carbocycles. The first-order valence-electron chi connectivity index (χ1n) is 11.0. The number of fused-ring (bicyclic) bond motifs is 2. The average molecular weight is 434 g/mol. The number of aromatic nitrogens is 2. The molecule has 1 aromatic heterocycles. The van der Waals surface area contributed by atoms with Gasteiger partial charge in [-0.25, -0.2) is 4.68 Å². The molecule has 5 heteroatoms. The summed E-state index contributed by atoms with van der Waals surface area (Å²) < 4.78 is 13.6. The summed E-state index contributed by atoms with van der Waals surface area (Å²) in [4.78, 5) is 13.0. The van der Waals surface area contributed by atoms with E-state index in [0.717, 1.165) is 40.2 Å². The van der Waals surface area contributed by atoms with E-state index in [1.807, 2.05) is 78.5 Å². The molecule has 5 nitrogen and oxygen atoms in total. The number of para-hydroxylation sites is 1. The Hall–Kier alpha value is -4.12. The first-order chi connectivity index (χ1) is 16.0. The average Bonchev–Trinajstić information content (AvgIpc) is 3.49. The molecule has 1 unspecified atom stereocenters. The number of benzene rings is 3. The quantitative estimate of drug-likeness (QED) is 0.383. The zero-order chi connectivity index (χ0) is 22.5. The SMILES string of the molecule is Cc1ccc2c(c1)C(=O)/C(=C/c1cn(-c3ccccc3)nc1-c1ccc3c(c1)CC(C)O3)O2. The predicted molar refractivity (Wildman–Crippen MR) is 127 cm³/mol. The van der Waals surface area contributed by atoms with Gasteiger partial charge in [0.05, 0.1) is 11.3 Å². The molecular weight excluding hydrogens is 412 g/mol. The molecule has 162 valence electrons. The van der Waals surface area contributed by atoms with Crippen LogP contribution in [0.5, 0.6) is 11.5 Å². The highest BCUT2D eigenvalue weighted by Gasteiger charge is 2.28. The topological polar surface area (TPSA) is 53.4 Å². The van der Waals surface area contributed by atoms with Gasteiger partial charge in [-0.3, -0.25) is 4.79 Å². The number of aryl methyl sites for hydroxylation is 1. The molecule has 2 aliphatic rings. The molecule has 0 aliphatic carbocycles. The Morgan fingerprint density at radius 2 is 1.85 bits per heavy atom. The third-order valence-electron chi connectivity index (χ3n) is 6.04. The molecule has 0 amide bonds. The lowest BCUT2D eigenvalue weighted by molar-refractivity contribution is 0.101. The molecule has 2 aliphatic heterocycles. The molecule has 3 heterocycles. The van der Waals surface area contributed by atoms with Crippen molar-refractivity contribution in [2.75, 3.05) is 0 Å². The Balaban J connectivity index is 1.46. The van der Waals surface area contributed by atoms with Gasteiger partial charge in [0, 0.05) is 23.7 Å². The lowest BCUT2D eigenvalue weighted by Gasteiger charge is -2.04. The van der Waals surface area contributed by atoms with Crippen LogP contribution in [0.2, 0.25) is 0 Å². The van der Waals surface area contributed by atoms with Gasteiger partial charge >= 0.3 is 0 Å². The second-order valence-corrected chi connectivity index (χ2v) is 8.61. The summed E-state index contributed by atoms with van der Waals surface area (Å²) in [6, 6.07) is 21.8. The molecule has 0 fully saturated rings. The van der Waals surface area contributed by atoms with Crippen molar-refractivity contribution in [2.45, 2.75) is 26.4 Å². The Labute approximate surface area is 191 Å². The minimum Gasteiger partial charge on any atom is -0.490 e. The second-order valence-electron chi connectivity index (χ2n) is 8.61. The van der Waals surface area contributed by atoms with Crippen molar-refractivity contribution in [3.05, 3.63) is 101 Å². The summed E-state index contributed by atoms with van der Waals surface area (Å²) in [7, 11) is 0. The fraction of sp³-hybridized carbons (Fsp3) is 0.143. The zero-order valence-corrected chi connectivity index (χ0v) is 18.4. The van der Waals surface area contributed by atoms with E-state index in [1.165, 1.54) is 5.56 Å². The van der Waals surface area contributed by atoms with E-state index in [2.05, 4.69) is 13.0 Å². The van der Waals surface area contributed by atoms with E-state index in [4.69, 9.17) is 14.6 Å². The maximum atomic E-state index is 13.0. The molecule has 1 atom stereocenters. The molecule has 0 spiro atoms. The summed E-state index contributed by atoms with van der Waals surface area (Å²) in [6.07, 6.45) is 4.78. The summed E-state index contributed by atoms with van der Waals surface area (Å²) in [5.74, 6) is 1.72. The van der Waals surface area contributed by atoms with Crippen LogP contribution in [-0.2, 0) is 6.42 Å². The molecule has 0 saturated heterocycles. The van der Waals surface area contributed by atoms with Crippen molar-refractivity contribution in [3.63, 3.8) is 0 Å². The summed E-state index contributed by atoms with van der Waals surface area (Å²) in [5, 5.41) is 4.89. The van der Waals surface area contributed by atoms with Crippen molar-refractivity contribution >= 4 is 11.9 Å². The van der Waals surface area contributed by atoms with Crippen LogP contribution in [0.4, 0.5) is 0 Å². The summed E-state index contributed by atoms with van der Waals surface area (Å²) in [6.45, 7) is 4.04. The highest BCUT2D eigenvalue weighted by Crippen LogP contribution is 2.36. The first kappa shape index (κ1) is 19.6. The van der Waals surface area contributed by atoms with Gasteiger partial charge in [0.25, 0.3) is 0 Å². The maximum Gasteiger partial charge on any atom is 0.231 e. The van der Waals surface area contributed by atoms with Crippen LogP contribution in [0.15, 0.2) is 78.7 Å². The van der Waals surface area contributed by atoms with Gasteiger partial charge in [-0.1, -0.05) is 29.8 Å². The van der Waals surface area contributed by atoms with Crippen LogP contribution in [-0.4, -0.2) is 21.7 Å². The molecule has 0 N–H and O–H groups in total. The van der Waals surface area contributed by atoms with Gasteiger partial charge in [-0.2, -0.15) is 5.10 Å². The fourth-order valence-corrected chi connectivity index (χ4v) is 4.44. The van der Waals surface area contributed by atoms with Crippen LogP contribution in [0.25, 0.3) is 23.0 Å². The Morgan fingerprint density at radius 3 is 2.70 bits per heavy atom. The molecule has 0 bridgehead atoms. The normalized spacial score (nSPS) is 17.6. The number of ether oxygens (including phenoxy) is 2. The van der Waals surface area contributed by atoms with E-state index in [9.17, 15) is 4.79 Å². The Kier molecular flexibility index (Phi) is 4.44. The highest BCUT2D eigenvalue weighted by molar-refractivity contribution is 6.14. The summed E-state index contributed by atoms with van der Waals surface area (Å²) in [5.41, 5.74) is 6.33. The van der Waals surface area contributed by atoms with Crippen LogP contribution < -0.4 is 9.47 Å². The Morgan fingerprint density at radius 1 is 1.03 bits per heavy atom. The number of rotatable bonds is 3. The van der Waals surface area contributed by atoms with Crippen LogP contribution in [0.1, 0.15) is 34.0 Å². The van der Waals surface area contributed by atoms with E-state index in [0.29, 0.717) is 17.1 Å². The van der Waals surface area contributed by atoms with Gasteiger partial charge in [0.15, 0.2) is 5.76 Å². The second kappa shape index (κ2) is 7.48. The van der Waals surface area contributed by atoms with E-state index in [-0.39, 0.29) is 11.9 Å². The van der Waals surface area contributed by atoms with Crippen molar-refractivity contribution in [1.82, 2.24) is 9.78 Å². The number of allylic oxidation sites excluding steroid dienone is 1. The van der Waals surface area contributed by atoms with E-state index >= 15 is 0 Å². The van der Waals surface area contributed by atoms with Crippen LogP contribution >= 0.6 is 0 Å². The number of hydrogen-bond donors (Lipinski definition) is 0. The number of hydrogen-bond acceptors (Lipinski definition) is 4. The maximum absolute atomic E-state index is 13.0.